The van der Waals surface area contributed by atoms with Crippen molar-refractivity contribution in [1.29, 1.82) is 0 Å². The number of hydrogen-bond donors (Lipinski definition) is 1. The summed E-state index contributed by atoms with van der Waals surface area (Å²) in [5.74, 6) is -0.000182. The standard InChI is InChI=1S/C19H23ClN2O/c1-3-12-22(13-16-9-5-6-10-17(16)20)14-19(23)21-18-11-7-4-8-15(18)2/h4-11H,3,12-14H2,1-2H3,(H,21,23). The van der Waals surface area contributed by atoms with E-state index >= 15 is 0 Å². The van der Waals surface area contributed by atoms with E-state index in [9.17, 15) is 4.79 Å². The summed E-state index contributed by atoms with van der Waals surface area (Å²) in [4.78, 5) is 14.5. The van der Waals surface area contributed by atoms with Crippen LogP contribution in [-0.2, 0) is 11.3 Å². The molecular weight excluding hydrogens is 308 g/mol. The van der Waals surface area contributed by atoms with Crippen LogP contribution in [0.2, 0.25) is 5.02 Å². The number of halogens is 1. The van der Waals surface area contributed by atoms with Crippen molar-refractivity contribution in [3.05, 3.63) is 64.7 Å². The van der Waals surface area contributed by atoms with Crippen molar-refractivity contribution in [3.8, 4) is 0 Å². The molecule has 2 aromatic rings. The summed E-state index contributed by atoms with van der Waals surface area (Å²) in [6.45, 7) is 5.98. The molecule has 4 heteroatoms. The van der Waals surface area contributed by atoms with Crippen LogP contribution in [0.1, 0.15) is 24.5 Å². The number of amides is 1. The Hall–Kier alpha value is -1.84. The highest BCUT2D eigenvalue weighted by molar-refractivity contribution is 6.31. The number of hydrogen-bond acceptors (Lipinski definition) is 2. The van der Waals surface area contributed by atoms with E-state index in [4.69, 9.17) is 11.6 Å². The van der Waals surface area contributed by atoms with E-state index in [1.165, 1.54) is 0 Å². The first-order valence-corrected chi connectivity index (χ1v) is 8.29. The van der Waals surface area contributed by atoms with Crippen molar-refractivity contribution in [2.45, 2.75) is 26.8 Å². The average molecular weight is 331 g/mol. The highest BCUT2D eigenvalue weighted by atomic mass is 35.5. The Balaban J connectivity index is 2.00. The van der Waals surface area contributed by atoms with Crippen LogP contribution in [0.3, 0.4) is 0 Å². The lowest BCUT2D eigenvalue weighted by molar-refractivity contribution is -0.117. The number of carbonyl (C=O) groups is 1. The lowest BCUT2D eigenvalue weighted by Crippen LogP contribution is -2.33. The number of nitrogens with one attached hydrogen (secondary N) is 1. The number of carbonyl (C=O) groups excluding carboxylic acids is 1. The van der Waals surface area contributed by atoms with Gasteiger partial charge in [0.2, 0.25) is 5.91 Å². The van der Waals surface area contributed by atoms with Gasteiger partial charge in [0.15, 0.2) is 0 Å². The zero-order chi connectivity index (χ0) is 16.7. The molecule has 0 saturated carbocycles. The first-order chi connectivity index (χ1) is 11.1. The Morgan fingerprint density at radius 2 is 1.83 bits per heavy atom. The van der Waals surface area contributed by atoms with Gasteiger partial charge in [-0.15, -0.1) is 0 Å². The Morgan fingerprint density at radius 3 is 2.52 bits per heavy atom. The lowest BCUT2D eigenvalue weighted by atomic mass is 10.2. The molecule has 0 atom stereocenters. The molecule has 0 spiro atoms. The van der Waals surface area contributed by atoms with Crippen LogP contribution in [0, 0.1) is 6.92 Å². The molecule has 0 aliphatic carbocycles. The number of benzene rings is 2. The number of aryl methyl sites for hydroxylation is 1. The molecule has 0 unspecified atom stereocenters. The molecule has 1 amide bonds. The second kappa shape index (κ2) is 8.70. The van der Waals surface area contributed by atoms with E-state index in [-0.39, 0.29) is 5.91 Å². The molecule has 0 heterocycles. The molecule has 0 bridgehead atoms. The summed E-state index contributed by atoms with van der Waals surface area (Å²) >= 11 is 6.23. The number of nitrogens with zero attached hydrogens (tertiary/aromatic N) is 1. The van der Waals surface area contributed by atoms with Crippen LogP contribution in [0.4, 0.5) is 5.69 Å². The molecule has 23 heavy (non-hydrogen) atoms. The van der Waals surface area contributed by atoms with E-state index in [0.717, 1.165) is 34.8 Å². The van der Waals surface area contributed by atoms with Crippen LogP contribution in [0.25, 0.3) is 0 Å². The smallest absolute Gasteiger partial charge is 0.238 e. The van der Waals surface area contributed by atoms with Gasteiger partial charge in [-0.05, 0) is 43.1 Å². The van der Waals surface area contributed by atoms with Gasteiger partial charge in [-0.1, -0.05) is 54.9 Å². The second-order valence-electron chi connectivity index (χ2n) is 5.67. The third-order valence-corrected chi connectivity index (χ3v) is 4.05. The zero-order valence-electron chi connectivity index (χ0n) is 13.7. The largest absolute Gasteiger partial charge is 0.325 e. The van der Waals surface area contributed by atoms with E-state index in [1.54, 1.807) is 0 Å². The normalized spacial score (nSPS) is 10.8. The van der Waals surface area contributed by atoms with Crippen molar-refractivity contribution in [3.63, 3.8) is 0 Å². The first-order valence-electron chi connectivity index (χ1n) is 7.91. The van der Waals surface area contributed by atoms with E-state index < -0.39 is 0 Å². The molecule has 2 aromatic carbocycles. The van der Waals surface area contributed by atoms with Crippen molar-refractivity contribution in [1.82, 2.24) is 4.90 Å². The summed E-state index contributed by atoms with van der Waals surface area (Å²) in [5.41, 5.74) is 2.98. The maximum Gasteiger partial charge on any atom is 0.238 e. The van der Waals surface area contributed by atoms with Crippen LogP contribution in [-0.4, -0.2) is 23.9 Å². The van der Waals surface area contributed by atoms with E-state index in [0.29, 0.717) is 13.1 Å². The molecule has 0 aliphatic heterocycles. The van der Waals surface area contributed by atoms with Gasteiger partial charge in [0.05, 0.1) is 6.54 Å². The minimum Gasteiger partial charge on any atom is -0.325 e. The van der Waals surface area contributed by atoms with Gasteiger partial charge in [0.1, 0.15) is 0 Å². The predicted octanol–water partition coefficient (Wildman–Crippen LogP) is 4.50. The highest BCUT2D eigenvalue weighted by Gasteiger charge is 2.13. The zero-order valence-corrected chi connectivity index (χ0v) is 14.4. The SMILES string of the molecule is CCCN(CC(=O)Nc1ccccc1C)Cc1ccccc1Cl. The Labute approximate surface area is 143 Å². The predicted molar refractivity (Wildman–Crippen MR) is 96.8 cm³/mol. The second-order valence-corrected chi connectivity index (χ2v) is 6.07. The molecule has 0 aliphatic rings. The minimum absolute atomic E-state index is 0.000182. The molecule has 0 fully saturated rings. The van der Waals surface area contributed by atoms with Gasteiger partial charge < -0.3 is 5.32 Å². The Bertz CT molecular complexity index is 657. The van der Waals surface area contributed by atoms with Gasteiger partial charge in [-0.3, -0.25) is 9.69 Å². The van der Waals surface area contributed by atoms with Crippen molar-refractivity contribution in [2.24, 2.45) is 0 Å². The molecule has 122 valence electrons. The van der Waals surface area contributed by atoms with E-state index in [2.05, 4.69) is 17.1 Å². The summed E-state index contributed by atoms with van der Waals surface area (Å²) in [7, 11) is 0. The topological polar surface area (TPSA) is 32.3 Å². The van der Waals surface area contributed by atoms with Gasteiger partial charge in [0.25, 0.3) is 0 Å². The van der Waals surface area contributed by atoms with Crippen LogP contribution >= 0.6 is 11.6 Å². The number of rotatable bonds is 7. The number of para-hydroxylation sites is 1. The summed E-state index contributed by atoms with van der Waals surface area (Å²) in [6.07, 6.45) is 0.988. The van der Waals surface area contributed by atoms with Crippen molar-refractivity contribution < 1.29 is 4.79 Å². The molecule has 0 radical (unpaired) electrons. The third-order valence-electron chi connectivity index (χ3n) is 3.68. The first kappa shape index (κ1) is 17.5. The molecular formula is C19H23ClN2O. The molecule has 1 N–H and O–H groups in total. The van der Waals surface area contributed by atoms with Crippen LogP contribution in [0.15, 0.2) is 48.5 Å². The summed E-state index contributed by atoms with van der Waals surface area (Å²) in [6, 6.07) is 15.6. The van der Waals surface area contributed by atoms with Gasteiger partial charge in [-0.2, -0.15) is 0 Å². The monoisotopic (exact) mass is 330 g/mol. The van der Waals surface area contributed by atoms with Gasteiger partial charge >= 0.3 is 0 Å². The van der Waals surface area contributed by atoms with Crippen LogP contribution < -0.4 is 5.32 Å². The highest BCUT2D eigenvalue weighted by Crippen LogP contribution is 2.17. The minimum atomic E-state index is -0.000182. The van der Waals surface area contributed by atoms with Crippen molar-refractivity contribution >= 4 is 23.2 Å². The lowest BCUT2D eigenvalue weighted by Gasteiger charge is -2.22. The van der Waals surface area contributed by atoms with Crippen molar-refractivity contribution in [2.75, 3.05) is 18.4 Å². The Morgan fingerprint density at radius 1 is 1.13 bits per heavy atom. The maximum absolute atomic E-state index is 12.3. The average Bonchev–Trinajstić information content (AvgIpc) is 2.52. The fraction of sp³-hybridized carbons (Fsp3) is 0.316. The van der Waals surface area contributed by atoms with Crippen LogP contribution in [0.5, 0.6) is 0 Å². The third kappa shape index (κ3) is 5.38. The molecule has 2 rings (SSSR count). The van der Waals surface area contributed by atoms with Gasteiger partial charge in [0, 0.05) is 17.3 Å². The molecule has 0 saturated heterocycles. The summed E-state index contributed by atoms with van der Waals surface area (Å²) < 4.78 is 0. The molecule has 0 aromatic heterocycles. The number of anilines is 1. The quantitative estimate of drug-likeness (QED) is 0.810. The van der Waals surface area contributed by atoms with Gasteiger partial charge in [-0.25, -0.2) is 0 Å². The fourth-order valence-electron chi connectivity index (χ4n) is 2.50. The van der Waals surface area contributed by atoms with E-state index in [1.807, 2.05) is 55.5 Å². The Kier molecular flexibility index (Phi) is 6.63. The fourth-order valence-corrected chi connectivity index (χ4v) is 2.70. The molecule has 3 nitrogen and oxygen atoms in total. The summed E-state index contributed by atoms with van der Waals surface area (Å²) in [5, 5.41) is 3.73. The maximum atomic E-state index is 12.3.